The van der Waals surface area contributed by atoms with Crippen molar-refractivity contribution in [2.24, 2.45) is 0 Å². The molecule has 6 heteroatoms. The summed E-state index contributed by atoms with van der Waals surface area (Å²) in [5.41, 5.74) is 0.934. The van der Waals surface area contributed by atoms with Gasteiger partial charge in [0, 0.05) is 23.3 Å². The van der Waals surface area contributed by atoms with Crippen LogP contribution in [-0.2, 0) is 11.3 Å². The Hall–Kier alpha value is -2.01. The van der Waals surface area contributed by atoms with Crippen molar-refractivity contribution in [1.82, 2.24) is 15.5 Å². The highest BCUT2D eigenvalue weighted by Crippen LogP contribution is 2.17. The maximum atomic E-state index is 11.5. The lowest BCUT2D eigenvalue weighted by molar-refractivity contribution is -0.121. The van der Waals surface area contributed by atoms with E-state index >= 15 is 0 Å². The van der Waals surface area contributed by atoms with E-state index in [-0.39, 0.29) is 5.91 Å². The largest absolute Gasteiger partial charge is 0.493 e. The predicted molar refractivity (Wildman–Crippen MR) is 72.0 cm³/mol. The summed E-state index contributed by atoms with van der Waals surface area (Å²) in [6.45, 7) is 0.782. The van der Waals surface area contributed by atoms with Gasteiger partial charge in [0.1, 0.15) is 5.75 Å². The van der Waals surface area contributed by atoms with Crippen LogP contribution in [0.15, 0.2) is 36.7 Å². The van der Waals surface area contributed by atoms with E-state index < -0.39 is 0 Å². The maximum absolute atomic E-state index is 11.5. The summed E-state index contributed by atoms with van der Waals surface area (Å²) in [6, 6.07) is 7.09. The van der Waals surface area contributed by atoms with Gasteiger partial charge in [0.05, 0.1) is 19.2 Å². The summed E-state index contributed by atoms with van der Waals surface area (Å²) in [7, 11) is 0. The predicted octanol–water partition coefficient (Wildman–Crippen LogP) is 2.15. The van der Waals surface area contributed by atoms with Crippen LogP contribution in [0.4, 0.5) is 0 Å². The van der Waals surface area contributed by atoms with E-state index in [0.29, 0.717) is 30.3 Å². The van der Waals surface area contributed by atoms with Gasteiger partial charge in [0.25, 0.3) is 0 Å². The van der Waals surface area contributed by atoms with Crippen LogP contribution in [0.2, 0.25) is 5.02 Å². The van der Waals surface area contributed by atoms with E-state index in [2.05, 4.69) is 15.5 Å². The number of hydrogen-bond donors (Lipinski definition) is 2. The van der Waals surface area contributed by atoms with Crippen molar-refractivity contribution in [2.45, 2.75) is 13.0 Å². The molecule has 2 aromatic rings. The first kappa shape index (κ1) is 13.4. The molecule has 0 radical (unpaired) electrons. The lowest BCUT2D eigenvalue weighted by atomic mass is 10.3. The van der Waals surface area contributed by atoms with Gasteiger partial charge < -0.3 is 10.1 Å². The van der Waals surface area contributed by atoms with E-state index in [1.54, 1.807) is 36.7 Å². The van der Waals surface area contributed by atoms with Crippen LogP contribution in [0.3, 0.4) is 0 Å². The first-order chi connectivity index (χ1) is 9.24. The molecule has 0 unspecified atom stereocenters. The maximum Gasteiger partial charge on any atom is 0.223 e. The third-order valence-electron chi connectivity index (χ3n) is 2.44. The van der Waals surface area contributed by atoms with Gasteiger partial charge in [-0.25, -0.2) is 0 Å². The number of ether oxygens (including phenoxy) is 1. The quantitative estimate of drug-likeness (QED) is 0.851. The molecule has 1 aromatic heterocycles. The molecule has 0 aliphatic carbocycles. The molecule has 2 rings (SSSR count). The molecule has 0 bridgehead atoms. The van der Waals surface area contributed by atoms with Gasteiger partial charge in [-0.05, 0) is 18.2 Å². The number of H-pyrrole nitrogens is 1. The molecular formula is C13H14ClN3O2. The van der Waals surface area contributed by atoms with E-state index in [9.17, 15) is 4.79 Å². The monoisotopic (exact) mass is 279 g/mol. The third-order valence-corrected chi connectivity index (χ3v) is 2.67. The number of aromatic amines is 1. The van der Waals surface area contributed by atoms with Crippen LogP contribution in [0.5, 0.6) is 5.75 Å². The second-order valence-electron chi connectivity index (χ2n) is 3.94. The number of nitrogens with one attached hydrogen (secondary N) is 2. The molecule has 0 aliphatic heterocycles. The zero-order valence-corrected chi connectivity index (χ0v) is 11.0. The molecule has 0 saturated carbocycles. The number of carbonyl (C=O) groups excluding carboxylic acids is 1. The van der Waals surface area contributed by atoms with Crippen LogP contribution in [-0.4, -0.2) is 22.7 Å². The Labute approximate surface area is 115 Å². The van der Waals surface area contributed by atoms with Gasteiger partial charge in [-0.2, -0.15) is 5.10 Å². The zero-order chi connectivity index (χ0) is 13.5. The number of nitrogens with zero attached hydrogens (tertiary/aromatic N) is 1. The Kier molecular flexibility index (Phi) is 4.80. The molecule has 100 valence electrons. The molecule has 0 fully saturated rings. The summed E-state index contributed by atoms with van der Waals surface area (Å²) >= 11 is 5.82. The highest BCUT2D eigenvalue weighted by Gasteiger charge is 2.03. The highest BCUT2D eigenvalue weighted by molar-refractivity contribution is 6.30. The summed E-state index contributed by atoms with van der Waals surface area (Å²) in [5.74, 6) is 0.596. The standard InChI is InChI=1S/C13H14ClN3O2/c14-11-2-1-3-12(6-11)19-5-4-13(18)15-7-10-8-16-17-9-10/h1-3,6,8-9H,4-5,7H2,(H,15,18)(H,16,17). The lowest BCUT2D eigenvalue weighted by Crippen LogP contribution is -2.24. The van der Waals surface area contributed by atoms with Crippen LogP contribution in [0.25, 0.3) is 0 Å². The summed E-state index contributed by atoms with van der Waals surface area (Å²) < 4.78 is 5.43. The molecule has 0 atom stereocenters. The van der Waals surface area contributed by atoms with Crippen molar-refractivity contribution >= 4 is 17.5 Å². The number of benzene rings is 1. The fraction of sp³-hybridized carbons (Fsp3) is 0.231. The zero-order valence-electron chi connectivity index (χ0n) is 10.2. The molecule has 19 heavy (non-hydrogen) atoms. The van der Waals surface area contributed by atoms with Gasteiger partial charge in [-0.3, -0.25) is 9.89 Å². The topological polar surface area (TPSA) is 67.0 Å². The van der Waals surface area contributed by atoms with Crippen molar-refractivity contribution in [2.75, 3.05) is 6.61 Å². The van der Waals surface area contributed by atoms with E-state index in [1.165, 1.54) is 0 Å². The van der Waals surface area contributed by atoms with Crippen molar-refractivity contribution < 1.29 is 9.53 Å². The van der Waals surface area contributed by atoms with Gasteiger partial charge in [-0.1, -0.05) is 17.7 Å². The minimum Gasteiger partial charge on any atom is -0.493 e. The summed E-state index contributed by atoms with van der Waals surface area (Å²) in [4.78, 5) is 11.5. The highest BCUT2D eigenvalue weighted by atomic mass is 35.5. The fourth-order valence-corrected chi connectivity index (χ4v) is 1.66. The molecular weight excluding hydrogens is 266 g/mol. The van der Waals surface area contributed by atoms with Crippen molar-refractivity contribution in [1.29, 1.82) is 0 Å². The number of halogens is 1. The minimum atomic E-state index is -0.0665. The Morgan fingerprint density at radius 3 is 3.11 bits per heavy atom. The smallest absolute Gasteiger partial charge is 0.223 e. The Balaban J connectivity index is 1.66. The Morgan fingerprint density at radius 1 is 1.47 bits per heavy atom. The molecule has 1 amide bonds. The number of rotatable bonds is 6. The van der Waals surface area contributed by atoms with Gasteiger partial charge in [-0.15, -0.1) is 0 Å². The second kappa shape index (κ2) is 6.80. The van der Waals surface area contributed by atoms with Gasteiger partial charge >= 0.3 is 0 Å². The molecule has 5 nitrogen and oxygen atoms in total. The normalized spacial score (nSPS) is 10.2. The molecule has 0 aliphatic rings. The number of amides is 1. The summed E-state index contributed by atoms with van der Waals surface area (Å²) in [5, 5.41) is 9.87. The number of aromatic nitrogens is 2. The summed E-state index contributed by atoms with van der Waals surface area (Å²) in [6.07, 6.45) is 3.70. The van der Waals surface area contributed by atoms with Crippen molar-refractivity contribution in [3.05, 3.63) is 47.2 Å². The average molecular weight is 280 g/mol. The molecule has 2 N–H and O–H groups in total. The number of carbonyl (C=O) groups is 1. The van der Waals surface area contributed by atoms with Crippen molar-refractivity contribution in [3.63, 3.8) is 0 Å². The Morgan fingerprint density at radius 2 is 2.37 bits per heavy atom. The van der Waals surface area contributed by atoms with E-state index in [1.807, 2.05) is 0 Å². The minimum absolute atomic E-state index is 0.0665. The van der Waals surface area contributed by atoms with Gasteiger partial charge in [0.15, 0.2) is 0 Å². The molecule has 1 aromatic carbocycles. The Bertz CT molecular complexity index is 528. The van der Waals surface area contributed by atoms with E-state index in [0.717, 1.165) is 5.56 Å². The van der Waals surface area contributed by atoms with Crippen molar-refractivity contribution in [3.8, 4) is 5.75 Å². The molecule has 1 heterocycles. The number of hydrogen-bond acceptors (Lipinski definition) is 3. The van der Waals surface area contributed by atoms with Gasteiger partial charge in [0.2, 0.25) is 5.91 Å². The van der Waals surface area contributed by atoms with Crippen LogP contribution in [0, 0.1) is 0 Å². The second-order valence-corrected chi connectivity index (χ2v) is 4.38. The SMILES string of the molecule is O=C(CCOc1cccc(Cl)c1)NCc1cn[nH]c1. The fourth-order valence-electron chi connectivity index (χ4n) is 1.48. The third kappa shape index (κ3) is 4.63. The first-order valence-corrected chi connectivity index (χ1v) is 6.24. The lowest BCUT2D eigenvalue weighted by Gasteiger charge is -2.06. The first-order valence-electron chi connectivity index (χ1n) is 5.87. The van der Waals surface area contributed by atoms with Crippen LogP contribution >= 0.6 is 11.6 Å². The molecule has 0 spiro atoms. The van der Waals surface area contributed by atoms with Crippen LogP contribution in [0.1, 0.15) is 12.0 Å². The van der Waals surface area contributed by atoms with E-state index in [4.69, 9.17) is 16.3 Å². The van der Waals surface area contributed by atoms with Crippen LogP contribution < -0.4 is 10.1 Å². The average Bonchev–Trinajstić information content (AvgIpc) is 2.89. The molecule has 0 saturated heterocycles.